The summed E-state index contributed by atoms with van der Waals surface area (Å²) in [6, 6.07) is 5.47. The average molecular weight is 228 g/mol. The van der Waals surface area contributed by atoms with E-state index >= 15 is 0 Å². The van der Waals surface area contributed by atoms with Crippen molar-refractivity contribution in [1.29, 1.82) is 0 Å². The van der Waals surface area contributed by atoms with Crippen LogP contribution in [0.3, 0.4) is 0 Å². The van der Waals surface area contributed by atoms with E-state index in [2.05, 4.69) is 0 Å². The van der Waals surface area contributed by atoms with Crippen LogP contribution in [-0.2, 0) is 11.0 Å². The summed E-state index contributed by atoms with van der Waals surface area (Å²) in [7, 11) is 2.44. The lowest BCUT2D eigenvalue weighted by Crippen LogP contribution is -2.15. The summed E-state index contributed by atoms with van der Waals surface area (Å²) >= 11 is 0. The van der Waals surface area contributed by atoms with Crippen molar-refractivity contribution in [2.75, 3.05) is 19.8 Å². The first-order chi connectivity index (χ1) is 7.02. The molecule has 0 aromatic heterocycles. The molecule has 0 saturated carbocycles. The molecule has 0 aliphatic heterocycles. The Hall–Kier alpha value is -0.870. The quantitative estimate of drug-likeness (QED) is 0.789. The van der Waals surface area contributed by atoms with E-state index in [1.165, 1.54) is 0 Å². The average Bonchev–Trinajstić information content (AvgIpc) is 2.24. The van der Waals surface area contributed by atoms with Gasteiger partial charge in [-0.15, -0.1) is 0 Å². The molecule has 0 fully saturated rings. The summed E-state index contributed by atoms with van der Waals surface area (Å²) in [6.07, 6.45) is 0. The normalized spacial score (nSPS) is 11.9. The number of nitrogens with two attached hydrogens (primary N) is 1. The number of hydrogen-bond donors (Lipinski definition) is 1. The Balaban J connectivity index is 0.000000921. The Kier molecular flexibility index (Phi) is 6.20. The predicted octanol–water partition coefficient (Wildman–Crippen LogP) is 2.19. The zero-order valence-electron chi connectivity index (χ0n) is 10.1. The van der Waals surface area contributed by atoms with E-state index in [4.69, 9.17) is 5.73 Å². The molecule has 1 aromatic carbocycles. The number of aryl methyl sites for hydroxylation is 1. The molecule has 2 N–H and O–H groups in total. The van der Waals surface area contributed by atoms with Gasteiger partial charge in [0, 0.05) is 5.69 Å². The summed E-state index contributed by atoms with van der Waals surface area (Å²) in [5.41, 5.74) is 7.41. The largest absolute Gasteiger partial charge is 0.398 e. The molecule has 0 aliphatic carbocycles. The van der Waals surface area contributed by atoms with Gasteiger partial charge in [0.2, 0.25) is 0 Å². The van der Waals surface area contributed by atoms with Gasteiger partial charge in [0.05, 0.1) is 4.90 Å². The van der Waals surface area contributed by atoms with E-state index in [0.29, 0.717) is 5.69 Å². The monoisotopic (exact) mass is 228 g/mol. The third-order valence-electron chi connectivity index (χ3n) is 1.78. The van der Waals surface area contributed by atoms with Gasteiger partial charge in [0.25, 0.3) is 0 Å². The first kappa shape index (κ1) is 14.1. The first-order valence-corrected chi connectivity index (χ1v) is 6.08. The molecule has 3 nitrogen and oxygen atoms in total. The summed E-state index contributed by atoms with van der Waals surface area (Å²) in [4.78, 5) is 0.744. The lowest BCUT2D eigenvalue weighted by Gasteiger charge is -2.10. The fourth-order valence-corrected chi connectivity index (χ4v) is 1.77. The van der Waals surface area contributed by atoms with Crippen LogP contribution < -0.4 is 5.73 Å². The van der Waals surface area contributed by atoms with Crippen LogP contribution >= 0.6 is 0 Å². The highest BCUT2D eigenvalue weighted by atomic mass is 32.2. The van der Waals surface area contributed by atoms with Crippen molar-refractivity contribution in [3.05, 3.63) is 23.8 Å². The van der Waals surface area contributed by atoms with E-state index in [9.17, 15) is 4.21 Å². The van der Waals surface area contributed by atoms with E-state index in [-0.39, 0.29) is 0 Å². The highest BCUT2D eigenvalue weighted by molar-refractivity contribution is 7.82. The van der Waals surface area contributed by atoms with Crippen LogP contribution in [0.5, 0.6) is 0 Å². The molecule has 15 heavy (non-hydrogen) atoms. The van der Waals surface area contributed by atoms with Crippen LogP contribution in [-0.4, -0.2) is 22.6 Å². The zero-order valence-corrected chi connectivity index (χ0v) is 10.9. The summed E-state index contributed by atoms with van der Waals surface area (Å²) in [5, 5.41) is 0. The van der Waals surface area contributed by atoms with Crippen LogP contribution in [0.25, 0.3) is 0 Å². The second-order valence-electron chi connectivity index (χ2n) is 3.08. The van der Waals surface area contributed by atoms with Gasteiger partial charge in [-0.1, -0.05) is 19.9 Å². The smallest absolute Gasteiger partial charge is 0.127 e. The minimum Gasteiger partial charge on any atom is -0.398 e. The van der Waals surface area contributed by atoms with Gasteiger partial charge in [-0.25, -0.2) is 8.51 Å². The second kappa shape index (κ2) is 6.58. The summed E-state index contributed by atoms with van der Waals surface area (Å²) in [5.74, 6) is 0. The Bertz CT molecular complexity index is 337. The molecule has 4 heteroatoms. The molecule has 0 radical (unpaired) electrons. The molecule has 1 rings (SSSR count). The number of nitrogens with zero attached hydrogens (tertiary/aromatic N) is 1. The fraction of sp³-hybridized carbons (Fsp3) is 0.455. The van der Waals surface area contributed by atoms with Gasteiger partial charge < -0.3 is 5.73 Å². The summed E-state index contributed by atoms with van der Waals surface area (Å²) in [6.45, 7) is 5.93. The molecule has 0 heterocycles. The highest BCUT2D eigenvalue weighted by Crippen LogP contribution is 2.16. The topological polar surface area (TPSA) is 46.3 Å². The maximum absolute atomic E-state index is 11.6. The van der Waals surface area contributed by atoms with Crippen molar-refractivity contribution in [3.8, 4) is 0 Å². The Morgan fingerprint density at radius 1 is 1.27 bits per heavy atom. The van der Waals surface area contributed by atoms with Gasteiger partial charge in [-0.2, -0.15) is 0 Å². The third kappa shape index (κ3) is 4.01. The van der Waals surface area contributed by atoms with Crippen LogP contribution in [0.15, 0.2) is 23.1 Å². The Morgan fingerprint density at radius 2 is 1.80 bits per heavy atom. The van der Waals surface area contributed by atoms with Crippen molar-refractivity contribution in [1.82, 2.24) is 4.31 Å². The number of benzene rings is 1. The zero-order chi connectivity index (χ0) is 12.0. The van der Waals surface area contributed by atoms with Crippen LogP contribution in [0.1, 0.15) is 19.4 Å². The second-order valence-corrected chi connectivity index (χ2v) is 4.78. The van der Waals surface area contributed by atoms with Crippen LogP contribution in [0.2, 0.25) is 0 Å². The van der Waals surface area contributed by atoms with Gasteiger partial charge in [-0.3, -0.25) is 0 Å². The molecule has 86 valence electrons. The molecule has 0 amide bonds. The SMILES string of the molecule is CC.Cc1ccc(S(=O)N(C)C)cc1N. The van der Waals surface area contributed by atoms with E-state index in [1.807, 2.05) is 32.9 Å². The minimum atomic E-state index is -1.10. The number of rotatable bonds is 2. The standard InChI is InChI=1S/C9H14N2OS.C2H6/c1-7-4-5-8(6-9(7)10)13(12)11(2)3;1-2/h4-6H,10H2,1-3H3;1-2H3. The van der Waals surface area contributed by atoms with Crippen molar-refractivity contribution in [2.24, 2.45) is 0 Å². The van der Waals surface area contributed by atoms with Gasteiger partial charge in [0.1, 0.15) is 11.0 Å². The van der Waals surface area contributed by atoms with E-state index in [0.717, 1.165) is 10.5 Å². The van der Waals surface area contributed by atoms with Crippen LogP contribution in [0, 0.1) is 6.92 Å². The van der Waals surface area contributed by atoms with Crippen LogP contribution in [0.4, 0.5) is 5.69 Å². The molecule has 1 aromatic rings. The molecule has 1 atom stereocenters. The predicted molar refractivity (Wildman–Crippen MR) is 67.0 cm³/mol. The van der Waals surface area contributed by atoms with E-state index < -0.39 is 11.0 Å². The van der Waals surface area contributed by atoms with Gasteiger partial charge in [-0.05, 0) is 38.7 Å². The minimum absolute atomic E-state index is 0.688. The lowest BCUT2D eigenvalue weighted by atomic mass is 10.2. The van der Waals surface area contributed by atoms with Crippen molar-refractivity contribution in [2.45, 2.75) is 25.7 Å². The maximum Gasteiger partial charge on any atom is 0.127 e. The number of anilines is 1. The molecular formula is C11H20N2OS. The molecule has 0 spiro atoms. The van der Waals surface area contributed by atoms with Crippen molar-refractivity contribution < 1.29 is 4.21 Å². The molecule has 0 aliphatic rings. The Morgan fingerprint density at radius 3 is 2.20 bits per heavy atom. The highest BCUT2D eigenvalue weighted by Gasteiger charge is 2.06. The number of hydrogen-bond acceptors (Lipinski definition) is 2. The Labute approximate surface area is 94.9 Å². The molecule has 0 saturated heterocycles. The van der Waals surface area contributed by atoms with E-state index in [1.54, 1.807) is 24.5 Å². The fourth-order valence-electron chi connectivity index (χ4n) is 0.938. The summed E-state index contributed by atoms with van der Waals surface area (Å²) < 4.78 is 13.2. The van der Waals surface area contributed by atoms with Gasteiger partial charge in [0.15, 0.2) is 0 Å². The molecular weight excluding hydrogens is 208 g/mol. The number of nitrogen functional groups attached to an aromatic ring is 1. The van der Waals surface area contributed by atoms with Gasteiger partial charge >= 0.3 is 0 Å². The van der Waals surface area contributed by atoms with Crippen molar-refractivity contribution in [3.63, 3.8) is 0 Å². The third-order valence-corrected chi connectivity index (χ3v) is 3.10. The first-order valence-electron chi connectivity index (χ1n) is 4.97. The van der Waals surface area contributed by atoms with Crippen molar-refractivity contribution >= 4 is 16.7 Å². The molecule has 0 bridgehead atoms. The maximum atomic E-state index is 11.6. The molecule has 1 unspecified atom stereocenters. The lowest BCUT2D eigenvalue weighted by molar-refractivity contribution is 0.603.